The Morgan fingerprint density at radius 1 is 1.29 bits per heavy atom. The van der Waals surface area contributed by atoms with E-state index in [-0.39, 0.29) is 5.75 Å². The number of halogens is 1. The van der Waals surface area contributed by atoms with Gasteiger partial charge < -0.3 is 9.84 Å². The van der Waals surface area contributed by atoms with Crippen molar-refractivity contribution in [1.82, 2.24) is 0 Å². The van der Waals surface area contributed by atoms with Crippen molar-refractivity contribution in [2.75, 3.05) is 0 Å². The van der Waals surface area contributed by atoms with Crippen molar-refractivity contribution < 1.29 is 19.2 Å². The van der Waals surface area contributed by atoms with E-state index in [0.29, 0.717) is 17.7 Å². The number of rotatable bonds is 5. The molecule has 5 nitrogen and oxygen atoms in total. The van der Waals surface area contributed by atoms with Gasteiger partial charge in [0.25, 0.3) is 0 Å². The molecule has 110 valence electrons. The Hall–Kier alpha value is -2.47. The second-order valence-electron chi connectivity index (χ2n) is 4.43. The third-order valence-electron chi connectivity index (χ3n) is 3.00. The number of ether oxygens (including phenoxy) is 1. The van der Waals surface area contributed by atoms with E-state index in [9.17, 15) is 19.6 Å². The summed E-state index contributed by atoms with van der Waals surface area (Å²) in [5, 5.41) is 20.9. The maximum atomic E-state index is 13.1. The summed E-state index contributed by atoms with van der Waals surface area (Å²) in [6.45, 7) is 1.81. The van der Waals surface area contributed by atoms with Gasteiger partial charge in [0.15, 0.2) is 0 Å². The third-order valence-corrected chi connectivity index (χ3v) is 3.00. The van der Waals surface area contributed by atoms with E-state index < -0.39 is 22.5 Å². The molecule has 0 aliphatic rings. The zero-order valence-electron chi connectivity index (χ0n) is 11.3. The van der Waals surface area contributed by atoms with Gasteiger partial charge in [-0.3, -0.25) is 10.1 Å². The molecule has 0 spiro atoms. The molecule has 2 aromatic carbocycles. The molecule has 0 heterocycles. The first-order chi connectivity index (χ1) is 10.0. The predicted molar refractivity (Wildman–Crippen MR) is 74.8 cm³/mol. The van der Waals surface area contributed by atoms with E-state index in [1.54, 1.807) is 24.3 Å². The van der Waals surface area contributed by atoms with Crippen LogP contribution < -0.4 is 4.74 Å². The standard InChI is InChI=1S/C15H14FNO4/c1-2-13(18)11-5-3-4-6-14(11)21-15-8-7-10(16)9-12(15)17(19)20/h3-9,13,18H,2H2,1H3/t13-/m1/s1. The SMILES string of the molecule is CC[C@@H](O)c1ccccc1Oc1ccc(F)cc1[N+](=O)[O-]. The zero-order chi connectivity index (χ0) is 15.4. The molecule has 0 aliphatic carbocycles. The maximum absolute atomic E-state index is 13.1. The lowest BCUT2D eigenvalue weighted by molar-refractivity contribution is -0.385. The predicted octanol–water partition coefficient (Wildman–Crippen LogP) is 3.97. The van der Waals surface area contributed by atoms with E-state index in [1.807, 2.05) is 6.92 Å². The van der Waals surface area contributed by atoms with Gasteiger partial charge in [-0.2, -0.15) is 0 Å². The zero-order valence-corrected chi connectivity index (χ0v) is 11.3. The minimum absolute atomic E-state index is 0.0721. The average Bonchev–Trinajstić information content (AvgIpc) is 2.48. The van der Waals surface area contributed by atoms with Gasteiger partial charge in [-0.05, 0) is 24.6 Å². The number of nitro groups is 1. The monoisotopic (exact) mass is 291 g/mol. The highest BCUT2D eigenvalue weighted by Gasteiger charge is 2.19. The number of benzene rings is 2. The van der Waals surface area contributed by atoms with E-state index in [2.05, 4.69) is 0 Å². The van der Waals surface area contributed by atoms with Crippen molar-refractivity contribution in [2.45, 2.75) is 19.4 Å². The fraction of sp³-hybridized carbons (Fsp3) is 0.200. The van der Waals surface area contributed by atoms with Crippen LogP contribution in [0.2, 0.25) is 0 Å². The molecule has 0 aromatic heterocycles. The van der Waals surface area contributed by atoms with E-state index in [0.717, 1.165) is 12.1 Å². The van der Waals surface area contributed by atoms with Gasteiger partial charge in [-0.15, -0.1) is 0 Å². The molecule has 2 aromatic rings. The largest absolute Gasteiger partial charge is 0.450 e. The summed E-state index contributed by atoms with van der Waals surface area (Å²) in [5.74, 6) is -0.477. The number of para-hydroxylation sites is 1. The molecule has 0 amide bonds. The highest BCUT2D eigenvalue weighted by Crippen LogP contribution is 2.35. The van der Waals surface area contributed by atoms with Gasteiger partial charge in [-0.25, -0.2) is 4.39 Å². The maximum Gasteiger partial charge on any atom is 0.314 e. The molecule has 6 heteroatoms. The first-order valence-corrected chi connectivity index (χ1v) is 6.41. The van der Waals surface area contributed by atoms with Crippen LogP contribution in [-0.2, 0) is 0 Å². The van der Waals surface area contributed by atoms with E-state index in [4.69, 9.17) is 4.74 Å². The molecule has 0 aliphatic heterocycles. The summed E-state index contributed by atoms with van der Waals surface area (Å²) in [4.78, 5) is 10.2. The molecule has 0 radical (unpaired) electrons. The number of nitrogens with zero attached hydrogens (tertiary/aromatic N) is 1. The van der Waals surface area contributed by atoms with E-state index in [1.165, 1.54) is 6.07 Å². The van der Waals surface area contributed by atoms with Crippen LogP contribution in [0, 0.1) is 15.9 Å². The number of hydrogen-bond acceptors (Lipinski definition) is 4. The Labute approximate surface area is 120 Å². The lowest BCUT2D eigenvalue weighted by Crippen LogP contribution is -2.00. The molecular weight excluding hydrogens is 277 g/mol. The summed E-state index contributed by atoms with van der Waals surface area (Å²) in [6.07, 6.45) is -0.257. The number of aliphatic hydroxyl groups excluding tert-OH is 1. The summed E-state index contributed by atoms with van der Waals surface area (Å²) < 4.78 is 18.6. The molecule has 0 bridgehead atoms. The van der Waals surface area contributed by atoms with Crippen LogP contribution in [0.3, 0.4) is 0 Å². The Morgan fingerprint density at radius 3 is 2.67 bits per heavy atom. The number of hydrogen-bond donors (Lipinski definition) is 1. The lowest BCUT2D eigenvalue weighted by Gasteiger charge is -2.14. The molecule has 1 atom stereocenters. The van der Waals surface area contributed by atoms with E-state index >= 15 is 0 Å². The van der Waals surface area contributed by atoms with Crippen molar-refractivity contribution in [3.63, 3.8) is 0 Å². The fourth-order valence-electron chi connectivity index (χ4n) is 1.91. The van der Waals surface area contributed by atoms with Gasteiger partial charge in [0.05, 0.1) is 17.1 Å². The van der Waals surface area contributed by atoms with Crippen LogP contribution in [0.25, 0.3) is 0 Å². The van der Waals surface area contributed by atoms with Gasteiger partial charge >= 0.3 is 5.69 Å². The second-order valence-corrected chi connectivity index (χ2v) is 4.43. The molecular formula is C15H14FNO4. The van der Waals surface area contributed by atoms with Crippen molar-refractivity contribution in [3.8, 4) is 11.5 Å². The van der Waals surface area contributed by atoms with Crippen molar-refractivity contribution >= 4 is 5.69 Å². The second kappa shape index (κ2) is 6.32. The molecule has 1 N–H and O–H groups in total. The van der Waals surface area contributed by atoms with Crippen molar-refractivity contribution in [3.05, 3.63) is 64.0 Å². The lowest BCUT2D eigenvalue weighted by atomic mass is 10.1. The van der Waals surface area contributed by atoms with Crippen LogP contribution in [0.1, 0.15) is 25.0 Å². The summed E-state index contributed by atoms with van der Waals surface area (Å²) in [5.41, 5.74) is 0.0643. The molecule has 0 unspecified atom stereocenters. The van der Waals surface area contributed by atoms with Crippen molar-refractivity contribution in [2.24, 2.45) is 0 Å². The summed E-state index contributed by atoms with van der Waals surface area (Å²) >= 11 is 0. The first-order valence-electron chi connectivity index (χ1n) is 6.41. The minimum Gasteiger partial charge on any atom is -0.450 e. The smallest absolute Gasteiger partial charge is 0.314 e. The Kier molecular flexibility index (Phi) is 4.49. The van der Waals surface area contributed by atoms with Gasteiger partial charge in [0.2, 0.25) is 5.75 Å². The first kappa shape index (κ1) is 14.9. The highest BCUT2D eigenvalue weighted by atomic mass is 19.1. The quantitative estimate of drug-likeness (QED) is 0.668. The van der Waals surface area contributed by atoms with Crippen LogP contribution in [0.15, 0.2) is 42.5 Å². The molecule has 21 heavy (non-hydrogen) atoms. The van der Waals surface area contributed by atoms with Crippen molar-refractivity contribution in [1.29, 1.82) is 0 Å². The molecule has 0 saturated carbocycles. The van der Waals surface area contributed by atoms with Crippen LogP contribution in [0.4, 0.5) is 10.1 Å². The van der Waals surface area contributed by atoms with Gasteiger partial charge in [0, 0.05) is 5.56 Å². The topological polar surface area (TPSA) is 72.6 Å². The fourth-order valence-corrected chi connectivity index (χ4v) is 1.91. The van der Waals surface area contributed by atoms with Crippen LogP contribution >= 0.6 is 0 Å². The Morgan fingerprint density at radius 2 is 2.00 bits per heavy atom. The average molecular weight is 291 g/mol. The normalized spacial score (nSPS) is 12.0. The number of nitro benzene ring substituents is 1. The summed E-state index contributed by atoms with van der Waals surface area (Å²) in [6, 6.07) is 9.79. The van der Waals surface area contributed by atoms with Gasteiger partial charge in [-0.1, -0.05) is 25.1 Å². The van der Waals surface area contributed by atoms with Gasteiger partial charge in [0.1, 0.15) is 11.6 Å². The molecule has 0 saturated heterocycles. The molecule has 0 fully saturated rings. The number of aliphatic hydroxyl groups is 1. The highest BCUT2D eigenvalue weighted by molar-refractivity contribution is 5.50. The Balaban J connectivity index is 2.41. The Bertz CT molecular complexity index is 660. The summed E-state index contributed by atoms with van der Waals surface area (Å²) in [7, 11) is 0. The third kappa shape index (κ3) is 3.35. The minimum atomic E-state index is -0.735. The van der Waals surface area contributed by atoms with Crippen LogP contribution in [-0.4, -0.2) is 10.0 Å². The van der Waals surface area contributed by atoms with Crippen LogP contribution in [0.5, 0.6) is 11.5 Å². The molecule has 2 rings (SSSR count).